The van der Waals surface area contributed by atoms with Crippen molar-refractivity contribution >= 4 is 0 Å². The molecule has 1 aromatic heterocycles. The second-order valence-corrected chi connectivity index (χ2v) is 2.43. The van der Waals surface area contributed by atoms with Crippen LogP contribution in [0.3, 0.4) is 0 Å². The summed E-state index contributed by atoms with van der Waals surface area (Å²) in [5.41, 5.74) is 0. The zero-order valence-electron chi connectivity index (χ0n) is 6.60. The van der Waals surface area contributed by atoms with Gasteiger partial charge in [-0.15, -0.1) is 5.10 Å². The van der Waals surface area contributed by atoms with Crippen molar-refractivity contribution in [3.05, 3.63) is 12.2 Å². The number of nitriles is 2. The lowest BCUT2D eigenvalue weighted by atomic mass is 10.2. The minimum atomic E-state index is -0.113. The molecule has 12 heavy (non-hydrogen) atoms. The summed E-state index contributed by atoms with van der Waals surface area (Å²) >= 11 is 0. The molecule has 5 heteroatoms. The van der Waals surface area contributed by atoms with E-state index in [-0.39, 0.29) is 11.7 Å². The minimum Gasteiger partial charge on any atom is -0.250 e. The first kappa shape index (κ1) is 8.22. The highest BCUT2D eigenvalue weighted by molar-refractivity contribution is 5.05. The largest absolute Gasteiger partial charge is 0.252 e. The molecule has 0 bridgehead atoms. The number of hydrogen-bond acceptors (Lipinski definition) is 4. The number of nitrogens with zero attached hydrogens (tertiary/aromatic N) is 5. The monoisotopic (exact) mass is 161 g/mol. The van der Waals surface area contributed by atoms with E-state index in [2.05, 4.69) is 16.2 Å². The molecule has 5 nitrogen and oxygen atoms in total. The topological polar surface area (TPSA) is 78.3 Å². The molecule has 1 atom stereocenters. The van der Waals surface area contributed by atoms with Gasteiger partial charge in [0.05, 0.1) is 18.5 Å². The lowest BCUT2D eigenvalue weighted by Gasteiger charge is -1.99. The maximum Gasteiger partial charge on any atom is 0.252 e. The second kappa shape index (κ2) is 3.49. The number of rotatable bonds is 2. The van der Waals surface area contributed by atoms with Gasteiger partial charge < -0.3 is 0 Å². The maximum absolute atomic E-state index is 8.48. The van der Waals surface area contributed by atoms with E-state index >= 15 is 0 Å². The van der Waals surface area contributed by atoms with Gasteiger partial charge in [0.1, 0.15) is 12.4 Å². The predicted molar refractivity (Wildman–Crippen MR) is 39.5 cm³/mol. The van der Waals surface area contributed by atoms with Crippen LogP contribution in [-0.4, -0.2) is 14.8 Å². The Labute approximate surface area is 69.9 Å². The zero-order valence-corrected chi connectivity index (χ0v) is 6.60. The summed E-state index contributed by atoms with van der Waals surface area (Å²) in [7, 11) is 0. The van der Waals surface area contributed by atoms with Crippen LogP contribution < -0.4 is 0 Å². The molecule has 0 spiro atoms. The van der Waals surface area contributed by atoms with Crippen molar-refractivity contribution in [3.8, 4) is 12.1 Å². The molecule has 60 valence electrons. The van der Waals surface area contributed by atoms with E-state index in [0.717, 1.165) is 0 Å². The molecule has 1 heterocycles. The fourth-order valence-electron chi connectivity index (χ4n) is 0.755. The highest BCUT2D eigenvalue weighted by atomic mass is 15.3. The highest BCUT2D eigenvalue weighted by Crippen LogP contribution is 1.96. The van der Waals surface area contributed by atoms with E-state index in [1.165, 1.54) is 11.0 Å². The van der Waals surface area contributed by atoms with E-state index in [4.69, 9.17) is 10.5 Å². The Morgan fingerprint density at radius 1 is 1.67 bits per heavy atom. The summed E-state index contributed by atoms with van der Waals surface area (Å²) in [6, 6.07) is 3.88. The van der Waals surface area contributed by atoms with Crippen molar-refractivity contribution in [1.29, 1.82) is 10.5 Å². The molecule has 0 aliphatic carbocycles. The molecule has 0 radical (unpaired) electrons. The van der Waals surface area contributed by atoms with Gasteiger partial charge in [0.25, 0.3) is 5.82 Å². The summed E-state index contributed by atoms with van der Waals surface area (Å²) in [5.74, 6) is 0.0263. The minimum absolute atomic E-state index is 0.113. The van der Waals surface area contributed by atoms with Crippen LogP contribution in [0.2, 0.25) is 0 Å². The molecule has 0 amide bonds. The molecule has 0 aromatic carbocycles. The van der Waals surface area contributed by atoms with Gasteiger partial charge in [-0.1, -0.05) is 0 Å². The van der Waals surface area contributed by atoms with Crippen LogP contribution in [0, 0.1) is 28.6 Å². The molecule has 0 saturated heterocycles. The molecule has 1 unspecified atom stereocenters. The van der Waals surface area contributed by atoms with Crippen molar-refractivity contribution in [1.82, 2.24) is 14.8 Å². The third-order valence-corrected chi connectivity index (χ3v) is 1.32. The van der Waals surface area contributed by atoms with Crippen LogP contribution in [0.5, 0.6) is 0 Å². The fraction of sp³-hybridized carbons (Fsp3) is 0.429. The SMILES string of the molecule is CC(C#N)Cn1cnc(C#N)n1. The van der Waals surface area contributed by atoms with Gasteiger partial charge in [-0.3, -0.25) is 4.68 Å². The summed E-state index contributed by atoms with van der Waals surface area (Å²) in [4.78, 5) is 3.70. The summed E-state index contributed by atoms with van der Waals surface area (Å²) < 4.78 is 1.49. The van der Waals surface area contributed by atoms with Crippen LogP contribution in [0.4, 0.5) is 0 Å². The predicted octanol–water partition coefficient (Wildman–Crippen LogP) is 0.309. The average Bonchev–Trinajstić information content (AvgIpc) is 2.52. The maximum atomic E-state index is 8.48. The first-order chi connectivity index (χ1) is 5.76. The second-order valence-electron chi connectivity index (χ2n) is 2.43. The average molecular weight is 161 g/mol. The summed E-state index contributed by atoms with van der Waals surface area (Å²) in [5, 5.41) is 20.7. The van der Waals surface area contributed by atoms with E-state index in [0.29, 0.717) is 6.54 Å². The Morgan fingerprint density at radius 3 is 2.92 bits per heavy atom. The Morgan fingerprint density at radius 2 is 2.42 bits per heavy atom. The number of aromatic nitrogens is 3. The molecule has 0 N–H and O–H groups in total. The molecule has 1 rings (SSSR count). The van der Waals surface area contributed by atoms with Crippen LogP contribution in [0.25, 0.3) is 0 Å². The lowest BCUT2D eigenvalue weighted by Crippen LogP contribution is -2.06. The van der Waals surface area contributed by atoms with Crippen LogP contribution in [0.15, 0.2) is 6.33 Å². The van der Waals surface area contributed by atoms with E-state index in [1.807, 2.05) is 6.07 Å². The molecular formula is C7H7N5. The first-order valence-corrected chi connectivity index (χ1v) is 3.45. The van der Waals surface area contributed by atoms with Crippen molar-refractivity contribution in [2.24, 2.45) is 5.92 Å². The van der Waals surface area contributed by atoms with Gasteiger partial charge in [0.2, 0.25) is 0 Å². The Kier molecular flexibility index (Phi) is 2.39. The van der Waals surface area contributed by atoms with Crippen molar-refractivity contribution < 1.29 is 0 Å². The summed E-state index contributed by atoms with van der Waals surface area (Å²) in [6.45, 7) is 2.26. The third kappa shape index (κ3) is 1.80. The van der Waals surface area contributed by atoms with Crippen molar-refractivity contribution in [2.45, 2.75) is 13.5 Å². The van der Waals surface area contributed by atoms with E-state index in [9.17, 15) is 0 Å². The molecule has 1 aromatic rings. The van der Waals surface area contributed by atoms with Crippen molar-refractivity contribution in [3.63, 3.8) is 0 Å². The normalized spacial score (nSPS) is 11.6. The molecule has 0 aliphatic rings. The lowest BCUT2D eigenvalue weighted by molar-refractivity contribution is 0.526. The Balaban J connectivity index is 2.67. The molecule has 0 fully saturated rings. The zero-order chi connectivity index (χ0) is 8.97. The molecule has 0 saturated carbocycles. The van der Waals surface area contributed by atoms with Gasteiger partial charge in [-0.25, -0.2) is 4.98 Å². The van der Waals surface area contributed by atoms with Gasteiger partial charge >= 0.3 is 0 Å². The van der Waals surface area contributed by atoms with E-state index < -0.39 is 0 Å². The van der Waals surface area contributed by atoms with E-state index in [1.54, 1.807) is 6.92 Å². The standard InChI is InChI=1S/C7H7N5/c1-6(2-8)4-12-5-10-7(3-9)11-12/h5-6H,4H2,1H3. The Hall–Kier alpha value is -1.88. The first-order valence-electron chi connectivity index (χ1n) is 3.45. The third-order valence-electron chi connectivity index (χ3n) is 1.32. The van der Waals surface area contributed by atoms with Gasteiger partial charge in [-0.2, -0.15) is 10.5 Å². The van der Waals surface area contributed by atoms with Gasteiger partial charge in [-0.05, 0) is 6.92 Å². The number of hydrogen-bond donors (Lipinski definition) is 0. The highest BCUT2D eigenvalue weighted by Gasteiger charge is 2.03. The van der Waals surface area contributed by atoms with Crippen molar-refractivity contribution in [2.75, 3.05) is 0 Å². The molecule has 0 aliphatic heterocycles. The Bertz CT molecular complexity index is 339. The quantitative estimate of drug-likeness (QED) is 0.625. The van der Waals surface area contributed by atoms with Crippen LogP contribution in [0.1, 0.15) is 12.7 Å². The summed E-state index contributed by atoms with van der Waals surface area (Å²) in [6.07, 6.45) is 1.45. The fourth-order valence-corrected chi connectivity index (χ4v) is 0.755. The van der Waals surface area contributed by atoms with Crippen LogP contribution in [-0.2, 0) is 6.54 Å². The smallest absolute Gasteiger partial charge is 0.250 e. The van der Waals surface area contributed by atoms with Gasteiger partial charge in [0, 0.05) is 0 Å². The van der Waals surface area contributed by atoms with Gasteiger partial charge in [0.15, 0.2) is 0 Å². The molecular weight excluding hydrogens is 154 g/mol. The van der Waals surface area contributed by atoms with Crippen LogP contribution >= 0.6 is 0 Å².